The molecule has 1 aliphatic rings. The van der Waals surface area contributed by atoms with Gasteiger partial charge in [-0.15, -0.1) is 12.4 Å². The second-order valence-corrected chi connectivity index (χ2v) is 6.51. The Bertz CT molecular complexity index is 586. The Morgan fingerprint density at radius 3 is 2.65 bits per heavy atom. The molecule has 6 heteroatoms. The van der Waals surface area contributed by atoms with Crippen LogP contribution in [0, 0.1) is 5.92 Å². The molecule has 1 unspecified atom stereocenters. The summed E-state index contributed by atoms with van der Waals surface area (Å²) < 4.78 is 11.0. The molecule has 1 aromatic rings. The number of hydrogen-bond acceptors (Lipinski definition) is 4. The normalized spacial score (nSPS) is 16.0. The summed E-state index contributed by atoms with van der Waals surface area (Å²) in [6.45, 7) is 2.39. The maximum absolute atomic E-state index is 12.3. The van der Waals surface area contributed by atoms with Gasteiger partial charge in [-0.25, -0.2) is 0 Å². The van der Waals surface area contributed by atoms with E-state index in [0.29, 0.717) is 24.0 Å². The lowest BCUT2D eigenvalue weighted by molar-refractivity contribution is -0.124. The number of nitrogens with one attached hydrogen (secondary N) is 1. The van der Waals surface area contributed by atoms with E-state index in [1.807, 2.05) is 37.3 Å². The van der Waals surface area contributed by atoms with Crippen molar-refractivity contribution in [3.8, 4) is 11.5 Å². The molecule has 146 valence electrons. The number of rotatable bonds is 8. The Morgan fingerprint density at radius 2 is 2.04 bits per heavy atom. The second kappa shape index (κ2) is 11.8. The molecule has 1 aliphatic carbocycles. The van der Waals surface area contributed by atoms with Crippen molar-refractivity contribution in [2.75, 3.05) is 20.3 Å². The molecule has 1 amide bonds. The number of amides is 1. The zero-order valence-electron chi connectivity index (χ0n) is 15.7. The third-order valence-corrected chi connectivity index (χ3v) is 4.72. The van der Waals surface area contributed by atoms with Crippen molar-refractivity contribution < 1.29 is 14.3 Å². The van der Waals surface area contributed by atoms with Gasteiger partial charge in [0.2, 0.25) is 0 Å². The van der Waals surface area contributed by atoms with E-state index in [1.165, 1.54) is 19.3 Å². The maximum Gasteiger partial charge on any atom is 0.258 e. The summed E-state index contributed by atoms with van der Waals surface area (Å²) >= 11 is 0. The third-order valence-electron chi connectivity index (χ3n) is 4.72. The van der Waals surface area contributed by atoms with Crippen LogP contribution in [0.15, 0.2) is 24.3 Å². The van der Waals surface area contributed by atoms with Crippen LogP contribution in [0.3, 0.4) is 0 Å². The zero-order chi connectivity index (χ0) is 18.1. The predicted molar refractivity (Wildman–Crippen MR) is 108 cm³/mol. The highest BCUT2D eigenvalue weighted by Gasteiger charge is 2.24. The first-order chi connectivity index (χ1) is 12.2. The number of halogens is 1. The fourth-order valence-electron chi connectivity index (χ4n) is 3.40. The monoisotopic (exact) mass is 382 g/mol. The summed E-state index contributed by atoms with van der Waals surface area (Å²) in [6.07, 6.45) is 9.96. The smallest absolute Gasteiger partial charge is 0.258 e. The minimum atomic E-state index is -0.138. The summed E-state index contributed by atoms with van der Waals surface area (Å²) in [4.78, 5) is 12.3. The molecule has 0 radical (unpaired) electrons. The van der Waals surface area contributed by atoms with Crippen LogP contribution in [0.4, 0.5) is 0 Å². The van der Waals surface area contributed by atoms with E-state index >= 15 is 0 Å². The quantitative estimate of drug-likeness (QED) is 0.721. The van der Waals surface area contributed by atoms with E-state index in [4.69, 9.17) is 15.2 Å². The predicted octanol–water partition coefficient (Wildman–Crippen LogP) is 3.55. The molecule has 5 nitrogen and oxygen atoms in total. The number of ether oxygens (including phenoxy) is 2. The number of benzene rings is 1. The molecule has 26 heavy (non-hydrogen) atoms. The summed E-state index contributed by atoms with van der Waals surface area (Å²) in [5.74, 6) is 1.52. The SMILES string of the molecule is C/C=C/c1ccc(OCC(=O)NC(CN)C2CCCCC2)c(OC)c1.Cl. The van der Waals surface area contributed by atoms with Crippen molar-refractivity contribution >= 4 is 24.4 Å². The standard InChI is InChI=1S/C20H30N2O3.ClH/c1-3-7-15-10-11-18(19(12-15)24-2)25-14-20(23)22-17(13-21)16-8-5-4-6-9-16;/h3,7,10-12,16-17H,4-6,8-9,13-14,21H2,1-2H3,(H,22,23);1H/b7-3+;. The van der Waals surface area contributed by atoms with Gasteiger partial charge < -0.3 is 20.5 Å². The lowest BCUT2D eigenvalue weighted by Crippen LogP contribution is -2.47. The van der Waals surface area contributed by atoms with Crippen LogP contribution in [0.1, 0.15) is 44.6 Å². The molecule has 1 atom stereocenters. The summed E-state index contributed by atoms with van der Waals surface area (Å²) in [5, 5.41) is 3.03. The molecule has 2 rings (SSSR count). The molecular formula is C20H31ClN2O3. The number of nitrogens with two attached hydrogens (primary N) is 1. The third kappa shape index (κ3) is 6.54. The largest absolute Gasteiger partial charge is 0.493 e. The van der Waals surface area contributed by atoms with E-state index in [9.17, 15) is 4.79 Å². The van der Waals surface area contributed by atoms with Gasteiger partial charge in [-0.2, -0.15) is 0 Å². The molecule has 0 bridgehead atoms. The molecule has 0 spiro atoms. The van der Waals surface area contributed by atoms with Gasteiger partial charge in [0.15, 0.2) is 18.1 Å². The minimum Gasteiger partial charge on any atom is -0.493 e. The average molecular weight is 383 g/mol. The Labute approximate surface area is 162 Å². The van der Waals surface area contributed by atoms with E-state index in [-0.39, 0.29) is 31.0 Å². The first-order valence-electron chi connectivity index (χ1n) is 9.11. The highest BCUT2D eigenvalue weighted by atomic mass is 35.5. The fraction of sp³-hybridized carbons (Fsp3) is 0.550. The van der Waals surface area contributed by atoms with E-state index < -0.39 is 0 Å². The van der Waals surface area contributed by atoms with Gasteiger partial charge >= 0.3 is 0 Å². The van der Waals surface area contributed by atoms with Gasteiger partial charge in [-0.3, -0.25) is 4.79 Å². The van der Waals surface area contributed by atoms with Crippen molar-refractivity contribution in [3.05, 3.63) is 29.8 Å². The van der Waals surface area contributed by atoms with Crippen molar-refractivity contribution in [2.45, 2.75) is 45.1 Å². The number of methoxy groups -OCH3 is 1. The number of carbonyl (C=O) groups excluding carboxylic acids is 1. The minimum absolute atomic E-state index is 0. The van der Waals surface area contributed by atoms with E-state index in [2.05, 4.69) is 5.32 Å². The Morgan fingerprint density at radius 1 is 1.31 bits per heavy atom. The fourth-order valence-corrected chi connectivity index (χ4v) is 3.40. The van der Waals surface area contributed by atoms with Gasteiger partial charge in [-0.05, 0) is 43.4 Å². The molecule has 3 N–H and O–H groups in total. The van der Waals surface area contributed by atoms with Crippen molar-refractivity contribution in [2.24, 2.45) is 11.7 Å². The van der Waals surface area contributed by atoms with Crippen LogP contribution >= 0.6 is 12.4 Å². The Hall–Kier alpha value is -1.72. The maximum atomic E-state index is 12.3. The van der Waals surface area contributed by atoms with Crippen LogP contribution in [0.25, 0.3) is 6.08 Å². The van der Waals surface area contributed by atoms with Crippen LogP contribution in [0.5, 0.6) is 11.5 Å². The van der Waals surface area contributed by atoms with Crippen molar-refractivity contribution in [3.63, 3.8) is 0 Å². The van der Waals surface area contributed by atoms with Crippen LogP contribution < -0.4 is 20.5 Å². The molecule has 0 saturated heterocycles. The lowest BCUT2D eigenvalue weighted by atomic mass is 9.84. The first kappa shape index (κ1) is 22.3. The van der Waals surface area contributed by atoms with Crippen LogP contribution in [-0.4, -0.2) is 32.2 Å². The highest BCUT2D eigenvalue weighted by Crippen LogP contribution is 2.29. The van der Waals surface area contributed by atoms with Gasteiger partial charge in [0.05, 0.1) is 7.11 Å². The summed E-state index contributed by atoms with van der Waals surface area (Å²) in [5.41, 5.74) is 6.89. The molecule has 0 aliphatic heterocycles. The molecule has 0 heterocycles. The number of allylic oxidation sites excluding steroid dienone is 1. The van der Waals surface area contributed by atoms with Crippen LogP contribution in [-0.2, 0) is 4.79 Å². The van der Waals surface area contributed by atoms with Gasteiger partial charge in [0.1, 0.15) is 0 Å². The Kier molecular flexibility index (Phi) is 10.1. The zero-order valence-corrected chi connectivity index (χ0v) is 16.5. The lowest BCUT2D eigenvalue weighted by Gasteiger charge is -2.30. The van der Waals surface area contributed by atoms with E-state index in [0.717, 1.165) is 18.4 Å². The van der Waals surface area contributed by atoms with Crippen molar-refractivity contribution in [1.29, 1.82) is 0 Å². The van der Waals surface area contributed by atoms with Crippen LogP contribution in [0.2, 0.25) is 0 Å². The molecule has 1 saturated carbocycles. The molecule has 1 fully saturated rings. The van der Waals surface area contributed by atoms with Gasteiger partial charge in [0.25, 0.3) is 5.91 Å². The Balaban J connectivity index is 0.00000338. The second-order valence-electron chi connectivity index (χ2n) is 6.51. The van der Waals surface area contributed by atoms with E-state index in [1.54, 1.807) is 7.11 Å². The van der Waals surface area contributed by atoms with Gasteiger partial charge in [-0.1, -0.05) is 37.5 Å². The topological polar surface area (TPSA) is 73.6 Å². The molecule has 1 aromatic carbocycles. The average Bonchev–Trinajstić information content (AvgIpc) is 2.65. The summed E-state index contributed by atoms with van der Waals surface area (Å²) in [6, 6.07) is 5.68. The molecular weight excluding hydrogens is 352 g/mol. The summed E-state index contributed by atoms with van der Waals surface area (Å²) in [7, 11) is 1.59. The van der Waals surface area contributed by atoms with Crippen molar-refractivity contribution in [1.82, 2.24) is 5.32 Å². The molecule has 0 aromatic heterocycles. The van der Waals surface area contributed by atoms with Gasteiger partial charge in [0, 0.05) is 12.6 Å². The number of hydrogen-bond donors (Lipinski definition) is 2. The first-order valence-corrected chi connectivity index (χ1v) is 9.11. The highest BCUT2D eigenvalue weighted by molar-refractivity contribution is 5.85. The number of carbonyl (C=O) groups is 1.